The first-order chi connectivity index (χ1) is 16.0. The number of carboxylic acids is 1. The van der Waals surface area contributed by atoms with Gasteiger partial charge in [-0.05, 0) is 53.8 Å². The van der Waals surface area contributed by atoms with Gasteiger partial charge in [-0.15, -0.1) is 0 Å². The van der Waals surface area contributed by atoms with Crippen molar-refractivity contribution in [3.05, 3.63) is 95.7 Å². The third-order valence-electron chi connectivity index (χ3n) is 5.12. The molecule has 0 heterocycles. The SMILES string of the molecule is CCO/C(=C\c1ccc(-c2cccc(N(C)C(=O)NCCc3ccccc3)c2)cc1)C(=O)O. The Morgan fingerprint density at radius 2 is 1.70 bits per heavy atom. The first-order valence-corrected chi connectivity index (χ1v) is 10.8. The Bertz CT molecular complexity index is 1110. The number of aliphatic carboxylic acids is 1. The lowest BCUT2D eigenvalue weighted by atomic mass is 10.0. The Kier molecular flexibility index (Phi) is 8.24. The second kappa shape index (κ2) is 11.5. The fourth-order valence-electron chi connectivity index (χ4n) is 3.33. The minimum atomic E-state index is -1.10. The zero-order valence-corrected chi connectivity index (χ0v) is 18.8. The number of carboxylic acid groups (broad SMARTS) is 1. The van der Waals surface area contributed by atoms with Gasteiger partial charge in [-0.3, -0.25) is 4.90 Å². The highest BCUT2D eigenvalue weighted by Gasteiger charge is 2.12. The first-order valence-electron chi connectivity index (χ1n) is 10.8. The molecule has 170 valence electrons. The second-order valence-electron chi connectivity index (χ2n) is 7.45. The molecule has 0 aromatic heterocycles. The van der Waals surface area contributed by atoms with E-state index in [1.54, 1.807) is 18.9 Å². The third-order valence-corrected chi connectivity index (χ3v) is 5.12. The van der Waals surface area contributed by atoms with Crippen LogP contribution in [0.5, 0.6) is 0 Å². The summed E-state index contributed by atoms with van der Waals surface area (Å²) in [6.45, 7) is 2.59. The Labute approximate surface area is 194 Å². The number of ether oxygens (including phenoxy) is 1. The van der Waals surface area contributed by atoms with E-state index in [0.29, 0.717) is 6.54 Å². The van der Waals surface area contributed by atoms with Crippen molar-refractivity contribution >= 4 is 23.8 Å². The van der Waals surface area contributed by atoms with Crippen LogP contribution in [0.3, 0.4) is 0 Å². The molecule has 6 heteroatoms. The molecule has 0 atom stereocenters. The van der Waals surface area contributed by atoms with E-state index >= 15 is 0 Å². The van der Waals surface area contributed by atoms with E-state index in [9.17, 15) is 14.7 Å². The standard InChI is InChI=1S/C27H28N2O4/c1-3-33-25(26(30)31)18-21-12-14-22(15-13-21)23-10-7-11-24(19-23)29(2)27(32)28-17-16-20-8-5-4-6-9-20/h4-15,18-19H,3,16-17H2,1-2H3,(H,28,32)(H,30,31)/b25-18-. The van der Waals surface area contributed by atoms with Gasteiger partial charge in [0.1, 0.15) is 0 Å². The number of hydrogen-bond donors (Lipinski definition) is 2. The van der Waals surface area contributed by atoms with Crippen LogP contribution < -0.4 is 10.2 Å². The number of hydrogen-bond acceptors (Lipinski definition) is 3. The van der Waals surface area contributed by atoms with Gasteiger partial charge in [0.2, 0.25) is 5.76 Å². The first kappa shape index (κ1) is 23.6. The molecule has 33 heavy (non-hydrogen) atoms. The van der Waals surface area contributed by atoms with Crippen LogP contribution in [0.2, 0.25) is 0 Å². The number of rotatable bonds is 9. The van der Waals surface area contributed by atoms with Gasteiger partial charge in [0.05, 0.1) is 6.61 Å². The fourth-order valence-corrected chi connectivity index (χ4v) is 3.33. The van der Waals surface area contributed by atoms with E-state index in [-0.39, 0.29) is 18.4 Å². The molecule has 0 radical (unpaired) electrons. The van der Waals surface area contributed by atoms with Crippen molar-refractivity contribution in [1.29, 1.82) is 0 Å². The predicted octanol–water partition coefficient (Wildman–Crippen LogP) is 5.20. The predicted molar refractivity (Wildman–Crippen MR) is 131 cm³/mol. The molecule has 0 aliphatic heterocycles. The summed E-state index contributed by atoms with van der Waals surface area (Å²) in [5.74, 6) is -1.19. The molecule has 3 aromatic carbocycles. The Balaban J connectivity index is 1.66. The van der Waals surface area contributed by atoms with Crippen molar-refractivity contribution in [2.45, 2.75) is 13.3 Å². The topological polar surface area (TPSA) is 78.9 Å². The molecule has 0 unspecified atom stereocenters. The molecular formula is C27H28N2O4. The number of nitrogens with one attached hydrogen (secondary N) is 1. The number of carbonyl (C=O) groups excluding carboxylic acids is 1. The second-order valence-corrected chi connectivity index (χ2v) is 7.45. The third kappa shape index (κ3) is 6.71. The van der Waals surface area contributed by atoms with Gasteiger partial charge < -0.3 is 15.2 Å². The van der Waals surface area contributed by atoms with Crippen LogP contribution in [0.4, 0.5) is 10.5 Å². The van der Waals surface area contributed by atoms with Crippen LogP contribution in [0, 0.1) is 0 Å². The van der Waals surface area contributed by atoms with Gasteiger partial charge in [-0.2, -0.15) is 0 Å². The van der Waals surface area contributed by atoms with Crippen molar-refractivity contribution < 1.29 is 19.4 Å². The normalized spacial score (nSPS) is 11.0. The summed E-state index contributed by atoms with van der Waals surface area (Å²) in [5, 5.41) is 12.2. The molecule has 0 aliphatic carbocycles. The van der Waals surface area contributed by atoms with Crippen LogP contribution in [-0.4, -0.2) is 37.3 Å². The van der Waals surface area contributed by atoms with E-state index in [2.05, 4.69) is 5.32 Å². The molecule has 0 saturated heterocycles. The number of urea groups is 1. The molecular weight excluding hydrogens is 416 g/mol. The minimum absolute atomic E-state index is 0.0906. The van der Waals surface area contributed by atoms with Gasteiger partial charge in [0.25, 0.3) is 0 Å². The maximum atomic E-state index is 12.6. The van der Waals surface area contributed by atoms with Crippen LogP contribution in [-0.2, 0) is 16.0 Å². The molecule has 3 aromatic rings. The highest BCUT2D eigenvalue weighted by Crippen LogP contribution is 2.25. The van der Waals surface area contributed by atoms with E-state index in [1.807, 2.05) is 78.9 Å². The van der Waals surface area contributed by atoms with Crippen LogP contribution >= 0.6 is 0 Å². The Morgan fingerprint density at radius 3 is 2.36 bits per heavy atom. The lowest BCUT2D eigenvalue weighted by molar-refractivity contribution is -0.136. The summed E-state index contributed by atoms with van der Waals surface area (Å²) in [6.07, 6.45) is 2.27. The number of carbonyl (C=O) groups is 2. The largest absolute Gasteiger partial charge is 0.487 e. The lowest BCUT2D eigenvalue weighted by Crippen LogP contribution is -2.38. The van der Waals surface area contributed by atoms with Crippen molar-refractivity contribution in [1.82, 2.24) is 5.32 Å². The van der Waals surface area contributed by atoms with Crippen molar-refractivity contribution in [2.75, 3.05) is 25.1 Å². The maximum absolute atomic E-state index is 12.6. The lowest BCUT2D eigenvalue weighted by Gasteiger charge is -2.19. The molecule has 3 rings (SSSR count). The quantitative estimate of drug-likeness (QED) is 0.351. The highest BCUT2D eigenvalue weighted by atomic mass is 16.5. The highest BCUT2D eigenvalue weighted by molar-refractivity contribution is 5.92. The number of anilines is 1. The van der Waals surface area contributed by atoms with Crippen molar-refractivity contribution in [3.8, 4) is 11.1 Å². The minimum Gasteiger partial charge on any atom is -0.487 e. The van der Waals surface area contributed by atoms with Gasteiger partial charge >= 0.3 is 12.0 Å². The monoisotopic (exact) mass is 444 g/mol. The maximum Gasteiger partial charge on any atom is 0.371 e. The smallest absolute Gasteiger partial charge is 0.371 e. The molecule has 6 nitrogen and oxygen atoms in total. The van der Waals surface area contributed by atoms with Gasteiger partial charge in [0, 0.05) is 19.3 Å². The zero-order valence-electron chi connectivity index (χ0n) is 18.8. The van der Waals surface area contributed by atoms with Crippen molar-refractivity contribution in [2.24, 2.45) is 0 Å². The summed E-state index contributed by atoms with van der Waals surface area (Å²) < 4.78 is 5.16. The number of benzene rings is 3. The summed E-state index contributed by atoms with van der Waals surface area (Å²) in [6, 6.07) is 25.1. The van der Waals surface area contributed by atoms with E-state index in [4.69, 9.17) is 4.74 Å². The molecule has 0 saturated carbocycles. The van der Waals surface area contributed by atoms with Gasteiger partial charge in [0.15, 0.2) is 0 Å². The summed E-state index contributed by atoms with van der Waals surface area (Å²) >= 11 is 0. The molecule has 2 amide bonds. The fraction of sp³-hybridized carbons (Fsp3) is 0.185. The average Bonchev–Trinajstić information content (AvgIpc) is 2.84. The zero-order chi connectivity index (χ0) is 23.6. The molecule has 2 N–H and O–H groups in total. The number of amides is 2. The number of nitrogens with zero attached hydrogens (tertiary/aromatic N) is 1. The van der Waals surface area contributed by atoms with Crippen LogP contribution in [0.25, 0.3) is 17.2 Å². The van der Waals surface area contributed by atoms with Gasteiger partial charge in [-0.25, -0.2) is 9.59 Å². The van der Waals surface area contributed by atoms with E-state index in [0.717, 1.165) is 28.8 Å². The van der Waals surface area contributed by atoms with Crippen LogP contribution in [0.15, 0.2) is 84.6 Å². The summed E-state index contributed by atoms with van der Waals surface area (Å²) in [5.41, 5.74) is 4.60. The van der Waals surface area contributed by atoms with Crippen molar-refractivity contribution in [3.63, 3.8) is 0 Å². The van der Waals surface area contributed by atoms with Gasteiger partial charge in [-0.1, -0.05) is 66.7 Å². The average molecular weight is 445 g/mol. The molecule has 0 fully saturated rings. The molecule has 0 bridgehead atoms. The molecule has 0 spiro atoms. The molecule has 0 aliphatic rings. The Hall–Kier alpha value is -4.06. The van der Waals surface area contributed by atoms with E-state index < -0.39 is 5.97 Å². The Morgan fingerprint density at radius 1 is 0.970 bits per heavy atom. The summed E-state index contributed by atoms with van der Waals surface area (Å²) in [4.78, 5) is 25.4. The van der Waals surface area contributed by atoms with E-state index in [1.165, 1.54) is 11.6 Å². The van der Waals surface area contributed by atoms with Crippen LogP contribution in [0.1, 0.15) is 18.1 Å². The summed E-state index contributed by atoms with van der Waals surface area (Å²) in [7, 11) is 1.74.